The Morgan fingerprint density at radius 1 is 1.21 bits per heavy atom. The Bertz CT molecular complexity index is 579. The summed E-state index contributed by atoms with van der Waals surface area (Å²) in [5.41, 5.74) is 2.47. The fourth-order valence-electron chi connectivity index (χ4n) is 1.70. The van der Waals surface area contributed by atoms with E-state index in [0.717, 1.165) is 0 Å². The lowest BCUT2D eigenvalue weighted by Crippen LogP contribution is -2.11. The van der Waals surface area contributed by atoms with Crippen molar-refractivity contribution in [3.05, 3.63) is 58.9 Å². The molecule has 0 saturated carbocycles. The number of carbonyl (C=O) groups is 1. The SMILES string of the molecule is CC(C)c1ccc(C(=O)Nc2ccnc(Cl)c2)cc1. The van der Waals surface area contributed by atoms with Gasteiger partial charge in [-0.2, -0.15) is 0 Å². The van der Waals surface area contributed by atoms with Crippen molar-refractivity contribution in [3.63, 3.8) is 0 Å². The molecule has 0 radical (unpaired) electrons. The standard InChI is InChI=1S/C15H15ClN2O/c1-10(2)11-3-5-12(6-4-11)15(19)18-13-7-8-17-14(16)9-13/h3-10H,1-2H3,(H,17,18,19). The van der Waals surface area contributed by atoms with Crippen LogP contribution in [0.5, 0.6) is 0 Å². The quantitative estimate of drug-likeness (QED) is 0.856. The molecule has 0 aliphatic heterocycles. The molecular weight excluding hydrogens is 260 g/mol. The number of anilines is 1. The van der Waals surface area contributed by atoms with Crippen molar-refractivity contribution in [3.8, 4) is 0 Å². The lowest BCUT2D eigenvalue weighted by molar-refractivity contribution is 0.102. The molecule has 2 aromatic rings. The fourth-order valence-corrected chi connectivity index (χ4v) is 1.88. The van der Waals surface area contributed by atoms with Gasteiger partial charge in [0.25, 0.3) is 5.91 Å². The van der Waals surface area contributed by atoms with Crippen LogP contribution in [0.1, 0.15) is 35.7 Å². The Morgan fingerprint density at radius 3 is 2.47 bits per heavy atom. The van der Waals surface area contributed by atoms with Crippen molar-refractivity contribution in [2.75, 3.05) is 5.32 Å². The van der Waals surface area contributed by atoms with Crippen LogP contribution < -0.4 is 5.32 Å². The van der Waals surface area contributed by atoms with E-state index in [9.17, 15) is 4.79 Å². The zero-order valence-electron chi connectivity index (χ0n) is 10.9. The van der Waals surface area contributed by atoms with E-state index < -0.39 is 0 Å². The summed E-state index contributed by atoms with van der Waals surface area (Å²) in [6, 6.07) is 10.9. The van der Waals surface area contributed by atoms with E-state index in [-0.39, 0.29) is 5.91 Å². The molecule has 0 aliphatic carbocycles. The number of pyridine rings is 1. The first-order valence-corrected chi connectivity index (χ1v) is 6.47. The van der Waals surface area contributed by atoms with Crippen LogP contribution in [0.25, 0.3) is 0 Å². The summed E-state index contributed by atoms with van der Waals surface area (Å²) >= 11 is 5.77. The molecular formula is C15H15ClN2O. The molecule has 0 spiro atoms. The molecule has 2 rings (SSSR count). The molecule has 98 valence electrons. The fraction of sp³-hybridized carbons (Fsp3) is 0.200. The predicted octanol–water partition coefficient (Wildman–Crippen LogP) is 4.11. The number of nitrogens with one attached hydrogen (secondary N) is 1. The molecule has 1 aromatic carbocycles. The van der Waals surface area contributed by atoms with Gasteiger partial charge in [0.05, 0.1) is 0 Å². The number of benzene rings is 1. The summed E-state index contributed by atoms with van der Waals surface area (Å²) in [5, 5.41) is 3.14. The van der Waals surface area contributed by atoms with Crippen LogP contribution in [-0.2, 0) is 0 Å². The number of carbonyl (C=O) groups excluding carboxylic acids is 1. The van der Waals surface area contributed by atoms with Crippen LogP contribution in [0.2, 0.25) is 5.15 Å². The zero-order chi connectivity index (χ0) is 13.8. The minimum atomic E-state index is -0.155. The average molecular weight is 275 g/mol. The van der Waals surface area contributed by atoms with E-state index in [1.165, 1.54) is 5.56 Å². The van der Waals surface area contributed by atoms with Crippen LogP contribution in [0.15, 0.2) is 42.6 Å². The predicted molar refractivity (Wildman–Crippen MR) is 77.7 cm³/mol. The number of amides is 1. The maximum Gasteiger partial charge on any atom is 0.255 e. The molecule has 1 heterocycles. The van der Waals surface area contributed by atoms with E-state index in [2.05, 4.69) is 24.1 Å². The first-order valence-electron chi connectivity index (χ1n) is 6.09. The molecule has 1 N–H and O–H groups in total. The van der Waals surface area contributed by atoms with Crippen molar-refractivity contribution < 1.29 is 4.79 Å². The van der Waals surface area contributed by atoms with Gasteiger partial charge in [-0.1, -0.05) is 37.6 Å². The minimum absolute atomic E-state index is 0.155. The normalized spacial score (nSPS) is 10.5. The van der Waals surface area contributed by atoms with Gasteiger partial charge in [-0.05, 0) is 35.7 Å². The second kappa shape index (κ2) is 5.85. The highest BCUT2D eigenvalue weighted by Gasteiger charge is 2.07. The highest BCUT2D eigenvalue weighted by molar-refractivity contribution is 6.29. The second-order valence-corrected chi connectivity index (χ2v) is 4.99. The maximum atomic E-state index is 12.0. The molecule has 0 atom stereocenters. The molecule has 0 aliphatic rings. The number of halogens is 1. The van der Waals surface area contributed by atoms with Gasteiger partial charge in [-0.3, -0.25) is 4.79 Å². The summed E-state index contributed by atoms with van der Waals surface area (Å²) in [6.07, 6.45) is 1.56. The Hall–Kier alpha value is -1.87. The first-order chi connectivity index (χ1) is 9.06. The van der Waals surface area contributed by atoms with Crippen molar-refractivity contribution >= 4 is 23.2 Å². The van der Waals surface area contributed by atoms with Gasteiger partial charge in [0, 0.05) is 17.4 Å². The number of aromatic nitrogens is 1. The highest BCUT2D eigenvalue weighted by Crippen LogP contribution is 2.16. The van der Waals surface area contributed by atoms with E-state index in [1.54, 1.807) is 18.3 Å². The molecule has 19 heavy (non-hydrogen) atoms. The van der Waals surface area contributed by atoms with Crippen LogP contribution in [0.3, 0.4) is 0 Å². The highest BCUT2D eigenvalue weighted by atomic mass is 35.5. The van der Waals surface area contributed by atoms with Gasteiger partial charge in [0.15, 0.2) is 0 Å². The molecule has 0 unspecified atom stereocenters. The van der Waals surface area contributed by atoms with Gasteiger partial charge >= 0.3 is 0 Å². The Morgan fingerprint density at radius 2 is 1.89 bits per heavy atom. The topological polar surface area (TPSA) is 42.0 Å². The third-order valence-electron chi connectivity index (χ3n) is 2.82. The Labute approximate surface area is 117 Å². The maximum absolute atomic E-state index is 12.0. The van der Waals surface area contributed by atoms with Gasteiger partial charge in [-0.25, -0.2) is 4.98 Å². The summed E-state index contributed by atoms with van der Waals surface area (Å²) in [5.74, 6) is 0.300. The molecule has 3 nitrogen and oxygen atoms in total. The lowest BCUT2D eigenvalue weighted by Gasteiger charge is -2.08. The molecule has 0 saturated heterocycles. The molecule has 0 bridgehead atoms. The van der Waals surface area contributed by atoms with Crippen LogP contribution in [0, 0.1) is 0 Å². The lowest BCUT2D eigenvalue weighted by atomic mass is 10.0. The number of nitrogens with zero attached hydrogens (tertiary/aromatic N) is 1. The zero-order valence-corrected chi connectivity index (χ0v) is 11.6. The van der Waals surface area contributed by atoms with Crippen molar-refractivity contribution in [1.82, 2.24) is 4.98 Å². The summed E-state index contributed by atoms with van der Waals surface area (Å²) in [4.78, 5) is 15.9. The van der Waals surface area contributed by atoms with E-state index >= 15 is 0 Å². The van der Waals surface area contributed by atoms with E-state index in [1.807, 2.05) is 24.3 Å². The monoisotopic (exact) mass is 274 g/mol. The third-order valence-corrected chi connectivity index (χ3v) is 3.03. The summed E-state index contributed by atoms with van der Waals surface area (Å²) in [7, 11) is 0. The van der Waals surface area contributed by atoms with Gasteiger partial charge < -0.3 is 5.32 Å². The van der Waals surface area contributed by atoms with Gasteiger partial charge in [-0.15, -0.1) is 0 Å². The van der Waals surface area contributed by atoms with Crippen molar-refractivity contribution in [2.45, 2.75) is 19.8 Å². The molecule has 0 fully saturated rings. The number of hydrogen-bond donors (Lipinski definition) is 1. The van der Waals surface area contributed by atoms with E-state index in [4.69, 9.17) is 11.6 Å². The number of rotatable bonds is 3. The summed E-state index contributed by atoms with van der Waals surface area (Å²) in [6.45, 7) is 4.24. The van der Waals surface area contributed by atoms with Crippen molar-refractivity contribution in [1.29, 1.82) is 0 Å². The largest absolute Gasteiger partial charge is 0.322 e. The van der Waals surface area contributed by atoms with Crippen LogP contribution >= 0.6 is 11.6 Å². The van der Waals surface area contributed by atoms with E-state index in [0.29, 0.717) is 22.3 Å². The first kappa shape index (κ1) is 13.6. The van der Waals surface area contributed by atoms with Crippen LogP contribution in [-0.4, -0.2) is 10.9 Å². The Kier molecular flexibility index (Phi) is 4.17. The van der Waals surface area contributed by atoms with Crippen molar-refractivity contribution in [2.24, 2.45) is 0 Å². The van der Waals surface area contributed by atoms with Gasteiger partial charge in [0.2, 0.25) is 0 Å². The second-order valence-electron chi connectivity index (χ2n) is 4.60. The molecule has 1 amide bonds. The molecule has 4 heteroatoms. The van der Waals surface area contributed by atoms with Crippen LogP contribution in [0.4, 0.5) is 5.69 Å². The number of hydrogen-bond acceptors (Lipinski definition) is 2. The molecule has 1 aromatic heterocycles. The minimum Gasteiger partial charge on any atom is -0.322 e. The smallest absolute Gasteiger partial charge is 0.255 e. The average Bonchev–Trinajstić information content (AvgIpc) is 2.39. The Balaban J connectivity index is 2.11. The van der Waals surface area contributed by atoms with Gasteiger partial charge in [0.1, 0.15) is 5.15 Å². The third kappa shape index (κ3) is 3.55. The summed E-state index contributed by atoms with van der Waals surface area (Å²) < 4.78 is 0.